The van der Waals surface area contributed by atoms with E-state index in [1.807, 2.05) is 12.2 Å². The summed E-state index contributed by atoms with van der Waals surface area (Å²) >= 11 is 0. The van der Waals surface area contributed by atoms with E-state index in [0.717, 1.165) is 77.0 Å². The molecule has 0 amide bonds. The second kappa shape index (κ2) is 33.3. The van der Waals surface area contributed by atoms with Crippen LogP contribution in [0.5, 0.6) is 0 Å². The number of unbranched alkanes of at least 4 members (excludes halogenated alkanes) is 2. The number of hydrogen-bond donors (Lipinski definition) is 2. The number of phosphoric ester groups is 1. The molecule has 1 heterocycles. The number of allylic oxidation sites excluding steroid dienone is 16. The van der Waals surface area contributed by atoms with Gasteiger partial charge in [-0.2, -0.15) is 0 Å². The molecule has 2 N–H and O–H groups in total. The van der Waals surface area contributed by atoms with Crippen LogP contribution in [0.1, 0.15) is 117 Å². The third kappa shape index (κ3) is 33.0. The first kappa shape index (κ1) is 47.7. The fraction of sp³-hybridized carbons (Fsp3) is 0.535. The first-order valence-corrected chi connectivity index (χ1v) is 20.8. The van der Waals surface area contributed by atoms with Gasteiger partial charge >= 0.3 is 19.8 Å². The fourth-order valence-corrected chi connectivity index (χ4v) is 5.14. The van der Waals surface area contributed by atoms with Crippen LogP contribution in [0.15, 0.2) is 109 Å². The Morgan fingerprint density at radius 1 is 0.585 bits per heavy atom. The lowest BCUT2D eigenvalue weighted by Crippen LogP contribution is -2.29. The molecule has 1 rings (SSSR count). The Kier molecular flexibility index (Phi) is 29.9. The largest absolute Gasteiger partial charge is 0.469 e. The van der Waals surface area contributed by atoms with Gasteiger partial charge in [0.15, 0.2) is 6.10 Å². The molecule has 0 spiro atoms. The van der Waals surface area contributed by atoms with E-state index in [2.05, 4.69) is 116 Å². The molecule has 1 aliphatic heterocycles. The Labute approximate surface area is 319 Å². The molecule has 3 atom stereocenters. The maximum Gasteiger partial charge on any atom is 0.469 e. The first-order valence-electron chi connectivity index (χ1n) is 19.3. The average Bonchev–Trinajstić information content (AvgIpc) is 3.88. The highest BCUT2D eigenvalue weighted by atomic mass is 31.2. The van der Waals surface area contributed by atoms with Crippen molar-refractivity contribution in [3.8, 4) is 0 Å². The van der Waals surface area contributed by atoms with Crippen molar-refractivity contribution < 1.29 is 42.7 Å². The number of hydrogen-bond acceptors (Lipinski definition) is 7. The SMILES string of the molecule is CC/C=C\C/C=C\C/C=C\C/C=C\CCCCC(=O)OC[C@H](COP(=O)(O)O)OC(=O)CC/C=C\C/C=C\C/C=C\C/C=C\CC1OC1C/C=C\CC. The normalized spacial score (nSPS) is 17.5. The van der Waals surface area contributed by atoms with E-state index in [-0.39, 0.29) is 19.4 Å². The number of rotatable bonds is 32. The minimum Gasteiger partial charge on any atom is -0.462 e. The smallest absolute Gasteiger partial charge is 0.462 e. The summed E-state index contributed by atoms with van der Waals surface area (Å²) in [6.45, 7) is 3.32. The number of phosphoric acid groups is 1. The maximum absolute atomic E-state index is 12.4. The molecule has 53 heavy (non-hydrogen) atoms. The van der Waals surface area contributed by atoms with Crippen molar-refractivity contribution in [3.05, 3.63) is 109 Å². The molecule has 0 radical (unpaired) electrons. The zero-order valence-electron chi connectivity index (χ0n) is 32.1. The molecule has 0 aromatic rings. The average molecular weight is 757 g/mol. The van der Waals surface area contributed by atoms with E-state index in [4.69, 9.17) is 24.0 Å². The van der Waals surface area contributed by atoms with E-state index in [1.165, 1.54) is 0 Å². The van der Waals surface area contributed by atoms with Crippen molar-refractivity contribution in [3.63, 3.8) is 0 Å². The number of carbonyl (C=O) groups excluding carboxylic acids is 2. The highest BCUT2D eigenvalue weighted by Crippen LogP contribution is 2.36. The summed E-state index contributed by atoms with van der Waals surface area (Å²) in [5.41, 5.74) is 0. The Hall–Kier alpha value is -3.33. The van der Waals surface area contributed by atoms with Crippen LogP contribution in [-0.4, -0.2) is 53.3 Å². The van der Waals surface area contributed by atoms with Gasteiger partial charge < -0.3 is 24.0 Å². The zero-order valence-corrected chi connectivity index (χ0v) is 32.9. The summed E-state index contributed by atoms with van der Waals surface area (Å²) in [4.78, 5) is 42.7. The van der Waals surface area contributed by atoms with E-state index < -0.39 is 32.5 Å². The molecule has 0 aromatic carbocycles. The molecule has 2 unspecified atom stereocenters. The van der Waals surface area contributed by atoms with Crippen molar-refractivity contribution in [2.45, 2.75) is 135 Å². The van der Waals surface area contributed by atoms with Crippen LogP contribution in [0.4, 0.5) is 0 Å². The minimum atomic E-state index is -4.79. The zero-order chi connectivity index (χ0) is 38.7. The van der Waals surface area contributed by atoms with Crippen molar-refractivity contribution in [2.75, 3.05) is 13.2 Å². The number of ether oxygens (including phenoxy) is 3. The molecule has 1 saturated heterocycles. The van der Waals surface area contributed by atoms with Gasteiger partial charge in [0.05, 0.1) is 18.8 Å². The Balaban J connectivity index is 2.18. The lowest BCUT2D eigenvalue weighted by Gasteiger charge is -2.18. The molecule has 9 nitrogen and oxygen atoms in total. The van der Waals surface area contributed by atoms with Gasteiger partial charge in [0.2, 0.25) is 0 Å². The quantitative estimate of drug-likeness (QED) is 0.0226. The van der Waals surface area contributed by atoms with E-state index in [9.17, 15) is 14.2 Å². The maximum atomic E-state index is 12.4. The molecule has 0 aliphatic carbocycles. The van der Waals surface area contributed by atoms with Crippen LogP contribution in [0.25, 0.3) is 0 Å². The van der Waals surface area contributed by atoms with Crippen LogP contribution in [-0.2, 0) is 32.9 Å². The molecular weight excluding hydrogens is 691 g/mol. The first-order chi connectivity index (χ1) is 25.7. The highest BCUT2D eigenvalue weighted by molar-refractivity contribution is 7.46. The summed E-state index contributed by atoms with van der Waals surface area (Å²) < 4.78 is 31.9. The number of esters is 2. The lowest BCUT2D eigenvalue weighted by atomic mass is 10.1. The van der Waals surface area contributed by atoms with E-state index in [1.54, 1.807) is 0 Å². The molecule has 10 heteroatoms. The topological polar surface area (TPSA) is 132 Å². The van der Waals surface area contributed by atoms with Crippen molar-refractivity contribution >= 4 is 19.8 Å². The fourth-order valence-electron chi connectivity index (χ4n) is 4.78. The predicted molar refractivity (Wildman–Crippen MR) is 215 cm³/mol. The number of epoxide rings is 1. The van der Waals surface area contributed by atoms with Gasteiger partial charge in [0.1, 0.15) is 6.61 Å². The van der Waals surface area contributed by atoms with Crippen LogP contribution in [0.3, 0.4) is 0 Å². The van der Waals surface area contributed by atoms with Crippen LogP contribution < -0.4 is 0 Å². The van der Waals surface area contributed by atoms with Crippen LogP contribution in [0.2, 0.25) is 0 Å². The van der Waals surface area contributed by atoms with Gasteiger partial charge in [-0.1, -0.05) is 123 Å². The molecule has 0 aromatic heterocycles. The lowest BCUT2D eigenvalue weighted by molar-refractivity contribution is -0.161. The monoisotopic (exact) mass is 756 g/mol. The Morgan fingerprint density at radius 2 is 1.04 bits per heavy atom. The van der Waals surface area contributed by atoms with Crippen molar-refractivity contribution in [1.29, 1.82) is 0 Å². The van der Waals surface area contributed by atoms with E-state index >= 15 is 0 Å². The summed E-state index contributed by atoms with van der Waals surface area (Å²) in [5, 5.41) is 0. The van der Waals surface area contributed by atoms with Gasteiger partial charge in [0.25, 0.3) is 0 Å². The molecule has 1 fully saturated rings. The summed E-state index contributed by atoms with van der Waals surface area (Å²) in [7, 11) is -4.79. The Bertz CT molecular complexity index is 1280. The van der Waals surface area contributed by atoms with Gasteiger partial charge in [-0.15, -0.1) is 0 Å². The summed E-state index contributed by atoms with van der Waals surface area (Å²) in [5.74, 6) is -1.05. The molecule has 296 valence electrons. The Morgan fingerprint density at radius 3 is 1.57 bits per heavy atom. The highest BCUT2D eigenvalue weighted by Gasteiger charge is 2.35. The van der Waals surface area contributed by atoms with Gasteiger partial charge in [-0.25, -0.2) is 4.57 Å². The minimum absolute atomic E-state index is 0.0670. The van der Waals surface area contributed by atoms with Crippen LogP contribution >= 0.6 is 7.82 Å². The second-order valence-electron chi connectivity index (χ2n) is 12.5. The standard InChI is InChI=1S/C43H65O9P/c1-3-5-7-8-9-10-11-12-13-14-18-21-24-27-31-35-42(44)49-37-39(38-50-53(46,47)48)51-43(45)36-32-28-25-22-19-16-15-17-20-23-26-30-34-41-40(52-41)33-29-6-4-2/h5-7,9-10,12-13,16-21,25-26,28-30,39-41H,3-4,8,11,14-15,22-24,27,31-38H2,1-2H3,(H2,46,47,48)/b7-5-,10-9-,13-12-,19-16-,20-17-,21-18-,28-25-,29-6-,30-26-/t39-,40?,41?/m1/s1. The summed E-state index contributed by atoms with van der Waals surface area (Å²) in [6.07, 6.45) is 50.1. The van der Waals surface area contributed by atoms with Gasteiger partial charge in [0, 0.05) is 12.8 Å². The third-order valence-electron chi connectivity index (χ3n) is 7.70. The predicted octanol–water partition coefficient (Wildman–Crippen LogP) is 10.6. The molecule has 0 saturated carbocycles. The van der Waals surface area contributed by atoms with Crippen molar-refractivity contribution in [1.82, 2.24) is 0 Å². The third-order valence-corrected chi connectivity index (χ3v) is 8.19. The number of carbonyl (C=O) groups is 2. The van der Waals surface area contributed by atoms with E-state index in [0.29, 0.717) is 25.0 Å². The molecule has 1 aliphatic rings. The van der Waals surface area contributed by atoms with Gasteiger partial charge in [-0.3, -0.25) is 14.1 Å². The second-order valence-corrected chi connectivity index (χ2v) is 13.8. The molecule has 0 bridgehead atoms. The summed E-state index contributed by atoms with van der Waals surface area (Å²) in [6, 6.07) is 0. The molecular formula is C43H65O9P. The van der Waals surface area contributed by atoms with Crippen molar-refractivity contribution in [2.24, 2.45) is 0 Å². The van der Waals surface area contributed by atoms with Gasteiger partial charge in [-0.05, 0) is 89.9 Å². The van der Waals surface area contributed by atoms with Crippen LogP contribution in [0, 0.1) is 0 Å².